The lowest BCUT2D eigenvalue weighted by Gasteiger charge is -2.12. The third-order valence-electron chi connectivity index (χ3n) is 2.55. The molecule has 0 amide bonds. The molecule has 0 saturated carbocycles. The Bertz CT molecular complexity index is 639. The van der Waals surface area contributed by atoms with Crippen LogP contribution in [0.2, 0.25) is 0 Å². The Balaban J connectivity index is 2.38. The molecule has 1 aromatic heterocycles. The summed E-state index contributed by atoms with van der Waals surface area (Å²) >= 11 is 0. The highest BCUT2D eigenvalue weighted by Gasteiger charge is 2.09. The lowest BCUT2D eigenvalue weighted by molar-refractivity contribution is 0.395. The molecule has 2 rings (SSSR count). The van der Waals surface area contributed by atoms with Crippen molar-refractivity contribution >= 4 is 17.2 Å². The Morgan fingerprint density at radius 3 is 2.79 bits per heavy atom. The predicted molar refractivity (Wildman–Crippen MR) is 72.1 cm³/mol. The maximum Gasteiger partial charge on any atom is 0.276 e. The molecule has 0 spiro atoms. The molecule has 0 fully saturated rings. The minimum atomic E-state index is -0.398. The van der Waals surface area contributed by atoms with Gasteiger partial charge in [0, 0.05) is 6.07 Å². The van der Waals surface area contributed by atoms with E-state index < -0.39 is 5.56 Å². The van der Waals surface area contributed by atoms with Gasteiger partial charge in [0.25, 0.3) is 5.56 Å². The van der Waals surface area contributed by atoms with Gasteiger partial charge in [-0.15, -0.1) is 0 Å². The zero-order valence-corrected chi connectivity index (χ0v) is 10.6. The highest BCUT2D eigenvalue weighted by Crippen LogP contribution is 2.31. The Hall–Kier alpha value is -2.70. The van der Waals surface area contributed by atoms with E-state index in [1.165, 1.54) is 13.4 Å². The fraction of sp³-hybridized carbons (Fsp3) is 0.167. The molecule has 0 aliphatic carbocycles. The molecule has 4 N–H and O–H groups in total. The van der Waals surface area contributed by atoms with Crippen molar-refractivity contribution in [1.82, 2.24) is 9.97 Å². The van der Waals surface area contributed by atoms with Gasteiger partial charge in [-0.2, -0.15) is 0 Å². The normalized spacial score (nSPS) is 10.0. The number of H-pyrrole nitrogens is 1. The quantitative estimate of drug-likeness (QED) is 0.763. The van der Waals surface area contributed by atoms with Crippen molar-refractivity contribution < 1.29 is 9.47 Å². The van der Waals surface area contributed by atoms with E-state index in [-0.39, 0.29) is 11.5 Å². The number of nitrogens with one attached hydrogen (secondary N) is 2. The summed E-state index contributed by atoms with van der Waals surface area (Å²) in [6, 6.07) is 5.22. The molecule has 19 heavy (non-hydrogen) atoms. The summed E-state index contributed by atoms with van der Waals surface area (Å²) in [5.41, 5.74) is 5.89. The largest absolute Gasteiger partial charge is 0.497 e. The van der Waals surface area contributed by atoms with E-state index in [1.807, 2.05) is 0 Å². The van der Waals surface area contributed by atoms with Crippen LogP contribution < -0.4 is 26.1 Å². The number of nitrogen functional groups attached to an aromatic ring is 1. The predicted octanol–water partition coefficient (Wildman–Crippen LogP) is 1.11. The number of benzene rings is 1. The van der Waals surface area contributed by atoms with Crippen LogP contribution in [0.4, 0.5) is 17.2 Å². The summed E-state index contributed by atoms with van der Waals surface area (Å²) in [6.07, 6.45) is 1.27. The number of nitrogens with two attached hydrogens (primary N) is 1. The van der Waals surface area contributed by atoms with Gasteiger partial charge in [0.15, 0.2) is 5.82 Å². The topological polar surface area (TPSA) is 102 Å². The first-order valence-electron chi connectivity index (χ1n) is 5.48. The second-order valence-electron chi connectivity index (χ2n) is 3.69. The number of methoxy groups -OCH3 is 2. The molecule has 0 atom stereocenters. The van der Waals surface area contributed by atoms with Gasteiger partial charge in [-0.1, -0.05) is 0 Å². The lowest BCUT2D eigenvalue weighted by Crippen LogP contribution is -2.14. The van der Waals surface area contributed by atoms with Gasteiger partial charge in [-0.25, -0.2) is 4.98 Å². The fourth-order valence-electron chi connectivity index (χ4n) is 1.54. The number of rotatable bonds is 4. The van der Waals surface area contributed by atoms with Crippen molar-refractivity contribution in [1.29, 1.82) is 0 Å². The number of aromatic amines is 1. The van der Waals surface area contributed by atoms with E-state index in [2.05, 4.69) is 15.3 Å². The van der Waals surface area contributed by atoms with E-state index in [4.69, 9.17) is 15.2 Å². The number of anilines is 3. The standard InChI is InChI=1S/C12H14N4O3/c1-18-7-3-4-8(9(5-7)19-2)16-11-10(13)12(17)15-6-14-11/h3-6H,13H2,1-2H3,(H2,14,15,16,17). The smallest absolute Gasteiger partial charge is 0.276 e. The fourth-order valence-corrected chi connectivity index (χ4v) is 1.54. The number of hydrogen-bond donors (Lipinski definition) is 3. The average molecular weight is 262 g/mol. The van der Waals surface area contributed by atoms with Crippen LogP contribution in [0.25, 0.3) is 0 Å². The highest BCUT2D eigenvalue weighted by molar-refractivity contribution is 5.72. The summed E-state index contributed by atoms with van der Waals surface area (Å²) in [7, 11) is 3.10. The van der Waals surface area contributed by atoms with Crippen molar-refractivity contribution in [3.63, 3.8) is 0 Å². The Kier molecular flexibility index (Phi) is 3.56. The third kappa shape index (κ3) is 2.59. The van der Waals surface area contributed by atoms with Gasteiger partial charge in [0.1, 0.15) is 17.2 Å². The van der Waals surface area contributed by atoms with Gasteiger partial charge in [0.2, 0.25) is 0 Å². The summed E-state index contributed by atoms with van der Waals surface area (Å²) in [5, 5.41) is 2.95. The maximum atomic E-state index is 11.4. The second kappa shape index (κ2) is 5.30. The second-order valence-corrected chi connectivity index (χ2v) is 3.69. The lowest BCUT2D eigenvalue weighted by atomic mass is 10.2. The van der Waals surface area contributed by atoms with E-state index in [0.717, 1.165) is 0 Å². The van der Waals surface area contributed by atoms with Crippen LogP contribution in [0, 0.1) is 0 Å². The molecule has 0 saturated heterocycles. The van der Waals surface area contributed by atoms with E-state index >= 15 is 0 Å². The van der Waals surface area contributed by atoms with Gasteiger partial charge < -0.3 is 25.5 Å². The highest BCUT2D eigenvalue weighted by atomic mass is 16.5. The molecule has 2 aromatic rings. The minimum Gasteiger partial charge on any atom is -0.497 e. The Morgan fingerprint density at radius 1 is 1.32 bits per heavy atom. The molecular weight excluding hydrogens is 248 g/mol. The number of nitrogens with zero attached hydrogens (tertiary/aromatic N) is 1. The van der Waals surface area contributed by atoms with Crippen LogP contribution in [0.3, 0.4) is 0 Å². The molecular formula is C12H14N4O3. The maximum absolute atomic E-state index is 11.4. The minimum absolute atomic E-state index is 0.0142. The summed E-state index contributed by atoms with van der Waals surface area (Å²) < 4.78 is 10.3. The molecule has 1 aromatic carbocycles. The van der Waals surface area contributed by atoms with Crippen LogP contribution in [-0.2, 0) is 0 Å². The van der Waals surface area contributed by atoms with Gasteiger partial charge >= 0.3 is 0 Å². The molecule has 7 nitrogen and oxygen atoms in total. The van der Waals surface area contributed by atoms with Crippen LogP contribution >= 0.6 is 0 Å². The Morgan fingerprint density at radius 2 is 2.11 bits per heavy atom. The molecule has 0 radical (unpaired) electrons. The van der Waals surface area contributed by atoms with Gasteiger partial charge in [-0.05, 0) is 12.1 Å². The van der Waals surface area contributed by atoms with Crippen LogP contribution in [-0.4, -0.2) is 24.2 Å². The zero-order chi connectivity index (χ0) is 13.8. The van der Waals surface area contributed by atoms with Crippen molar-refractivity contribution in [2.24, 2.45) is 0 Å². The molecule has 0 aliphatic heterocycles. The first-order chi connectivity index (χ1) is 9.15. The molecule has 1 heterocycles. The van der Waals surface area contributed by atoms with Crippen molar-refractivity contribution in [2.45, 2.75) is 0 Å². The number of aromatic nitrogens is 2. The first-order valence-corrected chi connectivity index (χ1v) is 5.48. The zero-order valence-electron chi connectivity index (χ0n) is 10.6. The van der Waals surface area contributed by atoms with Gasteiger partial charge in [-0.3, -0.25) is 4.79 Å². The third-order valence-corrected chi connectivity index (χ3v) is 2.55. The van der Waals surface area contributed by atoms with Crippen molar-refractivity contribution in [2.75, 3.05) is 25.3 Å². The van der Waals surface area contributed by atoms with Crippen LogP contribution in [0.5, 0.6) is 11.5 Å². The number of ether oxygens (including phenoxy) is 2. The van der Waals surface area contributed by atoms with E-state index in [1.54, 1.807) is 25.3 Å². The van der Waals surface area contributed by atoms with Crippen LogP contribution in [0.15, 0.2) is 29.3 Å². The number of hydrogen-bond acceptors (Lipinski definition) is 6. The van der Waals surface area contributed by atoms with E-state index in [0.29, 0.717) is 17.2 Å². The molecule has 100 valence electrons. The van der Waals surface area contributed by atoms with Crippen LogP contribution in [0.1, 0.15) is 0 Å². The Labute approximate surface area is 109 Å². The summed E-state index contributed by atoms with van der Waals surface area (Å²) in [6.45, 7) is 0. The van der Waals surface area contributed by atoms with E-state index in [9.17, 15) is 4.79 Å². The molecule has 0 unspecified atom stereocenters. The summed E-state index contributed by atoms with van der Waals surface area (Å²) in [5.74, 6) is 1.49. The summed E-state index contributed by atoms with van der Waals surface area (Å²) in [4.78, 5) is 17.7. The van der Waals surface area contributed by atoms with Gasteiger partial charge in [0.05, 0.1) is 26.2 Å². The molecule has 0 bridgehead atoms. The van der Waals surface area contributed by atoms with Crippen molar-refractivity contribution in [3.05, 3.63) is 34.9 Å². The molecule has 7 heteroatoms. The SMILES string of the molecule is COc1ccc(Nc2nc[nH]c(=O)c2N)c(OC)c1. The first kappa shape index (κ1) is 12.7. The molecule has 0 aliphatic rings. The average Bonchev–Trinajstić information content (AvgIpc) is 2.44. The monoisotopic (exact) mass is 262 g/mol. The van der Waals surface area contributed by atoms with Crippen molar-refractivity contribution in [3.8, 4) is 11.5 Å².